The molecule has 7 nitrogen and oxygen atoms in total. The molecule has 62 valence electrons. The van der Waals surface area contributed by atoms with E-state index in [1.165, 1.54) is 0 Å². The van der Waals surface area contributed by atoms with Gasteiger partial charge in [0.15, 0.2) is 0 Å². The Hall–Kier alpha value is 3.16. The van der Waals surface area contributed by atoms with Crippen molar-refractivity contribution in [2.24, 2.45) is 0 Å². The molecule has 0 saturated carbocycles. The third kappa shape index (κ3) is 19.5. The van der Waals surface area contributed by atoms with Gasteiger partial charge in [0, 0.05) is 0 Å². The average molecular weight is 260 g/mol. The Labute approximate surface area is 139 Å². The van der Waals surface area contributed by atoms with E-state index in [-0.39, 0.29) is 93.4 Å². The first-order chi connectivity index (χ1) is 3.71. The summed E-state index contributed by atoms with van der Waals surface area (Å²) in [6.45, 7) is 0. The van der Waals surface area contributed by atoms with Crippen molar-refractivity contribution < 1.29 is 88.7 Å². The van der Waals surface area contributed by atoms with Gasteiger partial charge in [0.1, 0.15) is 0 Å². The first-order valence-electron chi connectivity index (χ1n) is 1.53. The zero-order chi connectivity index (χ0) is 7.71. The Morgan fingerprint density at radius 2 is 1.18 bits per heavy atom. The van der Waals surface area contributed by atoms with Gasteiger partial charge in [0.25, 0.3) is 0 Å². The molecule has 0 aromatic carbocycles. The van der Waals surface area contributed by atoms with E-state index in [0.29, 0.717) is 0 Å². The van der Waals surface area contributed by atoms with Gasteiger partial charge in [-0.3, -0.25) is 0 Å². The molecule has 0 spiro atoms. The van der Waals surface area contributed by atoms with E-state index in [2.05, 4.69) is 4.31 Å². The Kier molecular flexibility index (Phi) is 13.3. The first kappa shape index (κ1) is 19.7. The minimum absolute atomic E-state index is 0. The van der Waals surface area contributed by atoms with Gasteiger partial charge in [-0.15, -0.1) is 0 Å². The molecule has 11 heteroatoms. The maximum absolute atomic E-state index is 9.63. The van der Waals surface area contributed by atoms with E-state index in [1.54, 1.807) is 0 Å². The summed E-state index contributed by atoms with van der Waals surface area (Å²) in [5.74, 6) is 0. The molecule has 0 aromatic heterocycles. The molecule has 0 atom stereocenters. The zero-order valence-electron chi connectivity index (χ0n) is 8.62. The fourth-order valence-corrected chi connectivity index (χ4v) is 1.25. The van der Waals surface area contributed by atoms with Crippen LogP contribution in [0.15, 0.2) is 0 Å². The Bertz CT molecular complexity index is 167. The molecule has 4 N–H and O–H groups in total. The maximum atomic E-state index is 9.63. The van der Waals surface area contributed by atoms with Crippen molar-refractivity contribution >= 4 is 53.4 Å². The largest absolute Gasteiger partial charge is 2.00 e. The third-order valence-corrected chi connectivity index (χ3v) is 1.91. The van der Waals surface area contributed by atoms with Crippen molar-refractivity contribution in [2.75, 3.05) is 0 Å². The predicted octanol–water partition coefficient (Wildman–Crippen LogP) is -3.85. The Balaban J connectivity index is -0.0000000320. The molecule has 0 aliphatic carbocycles. The molecule has 0 bridgehead atoms. The van der Waals surface area contributed by atoms with Crippen LogP contribution in [0.2, 0.25) is 0 Å². The van der Waals surface area contributed by atoms with Crippen molar-refractivity contribution in [3.05, 3.63) is 0 Å². The van der Waals surface area contributed by atoms with Gasteiger partial charge in [0.05, 0.1) is 0 Å². The van der Waals surface area contributed by atoms with E-state index in [9.17, 15) is 9.13 Å². The average Bonchev–Trinajstić information content (AvgIpc) is 1.14. The van der Waals surface area contributed by atoms with Crippen LogP contribution in [0.4, 0.5) is 0 Å². The Morgan fingerprint density at radius 1 is 1.00 bits per heavy atom. The monoisotopic (exact) mass is 260 g/mol. The standard InChI is InChI=1S/Ca.K.H4O7P2.3H/c;;1-8(2,3)7-9(4,5)6;;;/h;;(H2,1,2,3)(H2,4,5,6);;;/q+2;+1;;3*-1. The SMILES string of the molecule is O=P(O)(O)OP(=O)(O)O.[Ca+2].[H-].[H-].[H-].[K+]. The fourth-order valence-electron chi connectivity index (χ4n) is 0.139. The van der Waals surface area contributed by atoms with Gasteiger partial charge < -0.3 is 23.9 Å². The van der Waals surface area contributed by atoms with Crippen molar-refractivity contribution in [3.63, 3.8) is 0 Å². The topological polar surface area (TPSA) is 124 Å². The molecule has 0 aromatic rings. The number of rotatable bonds is 2. The summed E-state index contributed by atoms with van der Waals surface area (Å²) in [5, 5.41) is 0. The maximum Gasteiger partial charge on any atom is 2.00 e. The van der Waals surface area contributed by atoms with Crippen LogP contribution in [0.3, 0.4) is 0 Å². The van der Waals surface area contributed by atoms with Gasteiger partial charge in [-0.05, 0) is 0 Å². The van der Waals surface area contributed by atoms with Crippen LogP contribution in [0.5, 0.6) is 0 Å². The molecule has 0 unspecified atom stereocenters. The van der Waals surface area contributed by atoms with E-state index in [1.807, 2.05) is 0 Å². The second-order valence-electron chi connectivity index (χ2n) is 1.06. The summed E-state index contributed by atoms with van der Waals surface area (Å²) >= 11 is 0. The molecule has 0 rings (SSSR count). The number of hydrogen-bond donors (Lipinski definition) is 4. The van der Waals surface area contributed by atoms with Crippen LogP contribution in [0.1, 0.15) is 4.28 Å². The molecule has 0 fully saturated rings. The van der Waals surface area contributed by atoms with Crippen LogP contribution in [-0.2, 0) is 13.4 Å². The van der Waals surface area contributed by atoms with E-state index < -0.39 is 15.6 Å². The van der Waals surface area contributed by atoms with Gasteiger partial charge in [0.2, 0.25) is 0 Å². The predicted molar refractivity (Wildman–Crippen MR) is 34.3 cm³/mol. The summed E-state index contributed by atoms with van der Waals surface area (Å²) in [4.78, 5) is 31.0. The van der Waals surface area contributed by atoms with E-state index in [0.717, 1.165) is 0 Å². The van der Waals surface area contributed by atoms with E-state index in [4.69, 9.17) is 19.6 Å². The molecule has 0 heterocycles. The van der Waals surface area contributed by atoms with Crippen molar-refractivity contribution in [2.45, 2.75) is 0 Å². The summed E-state index contributed by atoms with van der Waals surface area (Å²) in [6, 6.07) is 0. The molecule has 0 radical (unpaired) electrons. The van der Waals surface area contributed by atoms with Gasteiger partial charge >= 0.3 is 105 Å². The van der Waals surface area contributed by atoms with Crippen molar-refractivity contribution in [3.8, 4) is 0 Å². The zero-order valence-corrected chi connectivity index (χ0v) is 12.7. The molecule has 0 aliphatic rings. The fraction of sp³-hybridized carbons (Fsp3) is 0. The smallest absolute Gasteiger partial charge is 1.00 e. The molecule has 11 heavy (non-hydrogen) atoms. The van der Waals surface area contributed by atoms with Crippen LogP contribution < -0.4 is 51.4 Å². The van der Waals surface area contributed by atoms with Gasteiger partial charge in [-0.1, -0.05) is 0 Å². The minimum atomic E-state index is -5.05. The summed E-state index contributed by atoms with van der Waals surface area (Å²) < 4.78 is 22.2. The van der Waals surface area contributed by atoms with Crippen LogP contribution >= 0.6 is 15.6 Å². The van der Waals surface area contributed by atoms with Crippen molar-refractivity contribution in [1.29, 1.82) is 0 Å². The Morgan fingerprint density at radius 3 is 1.18 bits per heavy atom. The molecular weight excluding hydrogens is 253 g/mol. The third-order valence-electron chi connectivity index (χ3n) is 0.213. The molecule has 0 aliphatic heterocycles. The van der Waals surface area contributed by atoms with Crippen LogP contribution in [0.25, 0.3) is 0 Å². The van der Waals surface area contributed by atoms with Gasteiger partial charge in [-0.2, -0.15) is 4.31 Å². The normalized spacial score (nSPS) is 11.3. The molecule has 0 amide bonds. The van der Waals surface area contributed by atoms with Crippen LogP contribution in [0, 0.1) is 0 Å². The second kappa shape index (κ2) is 7.45. The molecular formula is H7CaKO7P2. The minimum Gasteiger partial charge on any atom is -1.00 e. The summed E-state index contributed by atoms with van der Waals surface area (Å²) in [5.41, 5.74) is 0. The summed E-state index contributed by atoms with van der Waals surface area (Å²) in [7, 11) is -10.1. The van der Waals surface area contributed by atoms with E-state index >= 15 is 0 Å². The quantitative estimate of drug-likeness (QED) is 0.296. The molecule has 0 saturated heterocycles. The van der Waals surface area contributed by atoms with Crippen molar-refractivity contribution in [1.82, 2.24) is 0 Å². The summed E-state index contributed by atoms with van der Waals surface area (Å²) in [6.07, 6.45) is 0. The second-order valence-corrected chi connectivity index (χ2v) is 3.68. The number of phosphoric acid groups is 2. The van der Waals surface area contributed by atoms with Gasteiger partial charge in [-0.25, -0.2) is 9.13 Å². The van der Waals surface area contributed by atoms with Crippen LogP contribution in [-0.4, -0.2) is 57.3 Å². The first-order valence-corrected chi connectivity index (χ1v) is 4.59. The number of hydrogen-bond acceptors (Lipinski definition) is 3.